The van der Waals surface area contributed by atoms with Crippen molar-refractivity contribution < 1.29 is 8.91 Å². The van der Waals surface area contributed by atoms with E-state index in [9.17, 15) is 4.39 Å². The van der Waals surface area contributed by atoms with E-state index in [1.54, 1.807) is 6.07 Å². The molecule has 0 aliphatic carbocycles. The third-order valence-electron chi connectivity index (χ3n) is 3.32. The molecule has 0 aliphatic heterocycles. The van der Waals surface area contributed by atoms with Crippen molar-refractivity contribution in [1.29, 1.82) is 0 Å². The maximum atomic E-state index is 13.1. The van der Waals surface area contributed by atoms with E-state index in [0.717, 1.165) is 12.0 Å². The summed E-state index contributed by atoms with van der Waals surface area (Å²) in [5.74, 6) is 1.16. The Morgan fingerprint density at radius 1 is 1.30 bits per heavy atom. The molecule has 1 N–H and O–H groups in total. The molecule has 0 spiro atoms. The zero-order chi connectivity index (χ0) is 14.5. The summed E-state index contributed by atoms with van der Waals surface area (Å²) in [7, 11) is 1.90. The summed E-state index contributed by atoms with van der Waals surface area (Å²) in [6, 6.07) is 6.90. The van der Waals surface area contributed by atoms with Crippen molar-refractivity contribution in [3.8, 4) is 0 Å². The lowest BCUT2D eigenvalue weighted by molar-refractivity contribution is 0.353. The van der Waals surface area contributed by atoms with Crippen LogP contribution >= 0.6 is 0 Å². The van der Waals surface area contributed by atoms with Gasteiger partial charge in [-0.3, -0.25) is 0 Å². The van der Waals surface area contributed by atoms with E-state index in [-0.39, 0.29) is 11.7 Å². The quantitative estimate of drug-likeness (QED) is 0.882. The van der Waals surface area contributed by atoms with Crippen LogP contribution in [0.25, 0.3) is 0 Å². The summed E-state index contributed by atoms with van der Waals surface area (Å²) >= 11 is 0. The predicted molar refractivity (Wildman–Crippen MR) is 75.0 cm³/mol. The molecule has 5 heteroatoms. The van der Waals surface area contributed by atoms with Crippen LogP contribution in [0.1, 0.15) is 37.0 Å². The first-order chi connectivity index (χ1) is 9.58. The molecule has 20 heavy (non-hydrogen) atoms. The standard InChI is InChI=1S/C15H20FN3O/c1-10(7-12-5-4-6-13(16)9-12)15-18-14(19-20-15)8-11(2)17-3/h4-6,9-11,17H,7-8H2,1-3H3. The maximum Gasteiger partial charge on any atom is 0.229 e. The molecule has 0 saturated carbocycles. The van der Waals surface area contributed by atoms with Crippen LogP contribution in [0.4, 0.5) is 4.39 Å². The zero-order valence-electron chi connectivity index (χ0n) is 12.1. The van der Waals surface area contributed by atoms with Crippen molar-refractivity contribution in [1.82, 2.24) is 15.5 Å². The summed E-state index contributed by atoms with van der Waals surface area (Å²) in [5, 5.41) is 7.12. The largest absolute Gasteiger partial charge is 0.339 e. The molecule has 2 rings (SSSR count). The van der Waals surface area contributed by atoms with Gasteiger partial charge in [-0.15, -0.1) is 0 Å². The highest BCUT2D eigenvalue weighted by Gasteiger charge is 2.16. The SMILES string of the molecule is CNC(C)Cc1noc(C(C)Cc2cccc(F)c2)n1. The maximum absolute atomic E-state index is 13.1. The van der Waals surface area contributed by atoms with Gasteiger partial charge in [0.1, 0.15) is 5.82 Å². The fourth-order valence-electron chi connectivity index (χ4n) is 2.03. The number of hydrogen-bond donors (Lipinski definition) is 1. The summed E-state index contributed by atoms with van der Waals surface area (Å²) < 4.78 is 18.4. The third-order valence-corrected chi connectivity index (χ3v) is 3.32. The molecule has 0 aliphatic rings. The minimum atomic E-state index is -0.219. The number of nitrogens with zero attached hydrogens (tertiary/aromatic N) is 2. The Balaban J connectivity index is 2.00. The lowest BCUT2D eigenvalue weighted by Crippen LogP contribution is -2.24. The van der Waals surface area contributed by atoms with Gasteiger partial charge in [-0.05, 0) is 38.1 Å². The van der Waals surface area contributed by atoms with E-state index in [0.29, 0.717) is 24.2 Å². The summed E-state index contributed by atoms with van der Waals surface area (Å²) in [6.07, 6.45) is 1.41. The van der Waals surface area contributed by atoms with Gasteiger partial charge in [0, 0.05) is 18.4 Å². The van der Waals surface area contributed by atoms with Crippen molar-refractivity contribution in [2.24, 2.45) is 0 Å². The molecule has 1 aromatic heterocycles. The van der Waals surface area contributed by atoms with Gasteiger partial charge in [0.2, 0.25) is 5.89 Å². The monoisotopic (exact) mass is 277 g/mol. The van der Waals surface area contributed by atoms with Crippen molar-refractivity contribution in [2.75, 3.05) is 7.05 Å². The van der Waals surface area contributed by atoms with Crippen LogP contribution in [0, 0.1) is 5.82 Å². The minimum absolute atomic E-state index is 0.0722. The Morgan fingerprint density at radius 2 is 2.10 bits per heavy atom. The van der Waals surface area contributed by atoms with Crippen LogP contribution in [0.5, 0.6) is 0 Å². The molecule has 2 unspecified atom stereocenters. The van der Waals surface area contributed by atoms with Crippen molar-refractivity contribution >= 4 is 0 Å². The van der Waals surface area contributed by atoms with Crippen molar-refractivity contribution in [3.63, 3.8) is 0 Å². The van der Waals surface area contributed by atoms with E-state index in [1.807, 2.05) is 20.0 Å². The minimum Gasteiger partial charge on any atom is -0.339 e. The highest BCUT2D eigenvalue weighted by atomic mass is 19.1. The van der Waals surface area contributed by atoms with Gasteiger partial charge in [-0.1, -0.05) is 24.2 Å². The fourth-order valence-corrected chi connectivity index (χ4v) is 2.03. The molecule has 4 nitrogen and oxygen atoms in total. The molecular formula is C15H20FN3O. The van der Waals surface area contributed by atoms with Gasteiger partial charge < -0.3 is 9.84 Å². The summed E-state index contributed by atoms with van der Waals surface area (Å²) in [6.45, 7) is 4.07. The van der Waals surface area contributed by atoms with E-state index >= 15 is 0 Å². The molecule has 0 saturated heterocycles. The van der Waals surface area contributed by atoms with Gasteiger partial charge >= 0.3 is 0 Å². The fraction of sp³-hybridized carbons (Fsp3) is 0.467. The Bertz CT molecular complexity index is 556. The van der Waals surface area contributed by atoms with Gasteiger partial charge in [-0.2, -0.15) is 4.98 Å². The zero-order valence-corrected chi connectivity index (χ0v) is 12.1. The number of halogens is 1. The number of nitrogens with one attached hydrogen (secondary N) is 1. The summed E-state index contributed by atoms with van der Waals surface area (Å²) in [5.41, 5.74) is 0.931. The number of benzene rings is 1. The number of likely N-dealkylation sites (N-methyl/N-ethyl adjacent to an activating group) is 1. The molecule has 0 radical (unpaired) electrons. The second-order valence-corrected chi connectivity index (χ2v) is 5.18. The average molecular weight is 277 g/mol. The molecule has 0 fully saturated rings. The Labute approximate surface area is 118 Å². The highest BCUT2D eigenvalue weighted by molar-refractivity contribution is 5.18. The molecule has 1 heterocycles. The molecule has 108 valence electrons. The summed E-state index contributed by atoms with van der Waals surface area (Å²) in [4.78, 5) is 4.41. The number of aromatic nitrogens is 2. The highest BCUT2D eigenvalue weighted by Crippen LogP contribution is 2.19. The van der Waals surface area contributed by atoms with Crippen LogP contribution < -0.4 is 5.32 Å². The van der Waals surface area contributed by atoms with Crippen molar-refractivity contribution in [2.45, 2.75) is 38.6 Å². The van der Waals surface area contributed by atoms with Crippen LogP contribution in [0.2, 0.25) is 0 Å². The molecule has 2 aromatic rings. The van der Waals surface area contributed by atoms with Crippen LogP contribution in [0.15, 0.2) is 28.8 Å². The van der Waals surface area contributed by atoms with E-state index in [1.165, 1.54) is 12.1 Å². The number of hydrogen-bond acceptors (Lipinski definition) is 4. The predicted octanol–water partition coefficient (Wildman–Crippen LogP) is 2.71. The second-order valence-electron chi connectivity index (χ2n) is 5.18. The molecule has 0 bridgehead atoms. The topological polar surface area (TPSA) is 51.0 Å². The van der Waals surface area contributed by atoms with Gasteiger partial charge in [0.25, 0.3) is 0 Å². The first-order valence-corrected chi connectivity index (χ1v) is 6.82. The first-order valence-electron chi connectivity index (χ1n) is 6.82. The molecule has 0 amide bonds. The van der Waals surface area contributed by atoms with E-state index in [2.05, 4.69) is 22.4 Å². The van der Waals surface area contributed by atoms with Gasteiger partial charge in [0.05, 0.1) is 0 Å². The lowest BCUT2D eigenvalue weighted by atomic mass is 10.0. The van der Waals surface area contributed by atoms with Gasteiger partial charge in [-0.25, -0.2) is 4.39 Å². The smallest absolute Gasteiger partial charge is 0.229 e. The average Bonchev–Trinajstić information content (AvgIpc) is 2.87. The Morgan fingerprint density at radius 3 is 2.80 bits per heavy atom. The number of rotatable bonds is 6. The Hall–Kier alpha value is -1.75. The second kappa shape index (κ2) is 6.61. The van der Waals surface area contributed by atoms with E-state index in [4.69, 9.17) is 4.52 Å². The Kier molecular flexibility index (Phi) is 4.84. The lowest BCUT2D eigenvalue weighted by Gasteiger charge is -2.07. The molecule has 2 atom stereocenters. The first kappa shape index (κ1) is 14.7. The molecular weight excluding hydrogens is 257 g/mol. The normalized spacial score (nSPS) is 14.2. The third kappa shape index (κ3) is 3.87. The van der Waals surface area contributed by atoms with Crippen LogP contribution in [0.3, 0.4) is 0 Å². The molecule has 1 aromatic carbocycles. The van der Waals surface area contributed by atoms with Gasteiger partial charge in [0.15, 0.2) is 5.82 Å². The van der Waals surface area contributed by atoms with Crippen LogP contribution in [-0.4, -0.2) is 23.2 Å². The van der Waals surface area contributed by atoms with E-state index < -0.39 is 0 Å². The van der Waals surface area contributed by atoms with Crippen molar-refractivity contribution in [3.05, 3.63) is 47.4 Å². The van der Waals surface area contributed by atoms with Crippen LogP contribution in [-0.2, 0) is 12.8 Å².